The van der Waals surface area contributed by atoms with Crippen LogP contribution in [0.4, 0.5) is 11.4 Å². The van der Waals surface area contributed by atoms with E-state index in [1.165, 1.54) is 32.2 Å². The monoisotopic (exact) mass is 384 g/mol. The quantitative estimate of drug-likeness (QED) is 0.392. The third-order valence-electron chi connectivity index (χ3n) is 3.93. The van der Waals surface area contributed by atoms with Gasteiger partial charge < -0.3 is 19.2 Å². The summed E-state index contributed by atoms with van der Waals surface area (Å²) in [5, 5.41) is 14.1. The Morgan fingerprint density at radius 2 is 1.93 bits per heavy atom. The molecule has 2 aromatic carbocycles. The maximum absolute atomic E-state index is 12.4. The van der Waals surface area contributed by atoms with Crippen molar-refractivity contribution in [2.45, 2.75) is 13.0 Å². The number of nitro benzene ring substituents is 1. The minimum atomic E-state index is -1.18. The van der Waals surface area contributed by atoms with Crippen LogP contribution in [0.25, 0.3) is 11.0 Å². The molecule has 1 N–H and O–H groups in total. The van der Waals surface area contributed by atoms with Crippen LogP contribution in [0, 0.1) is 10.1 Å². The van der Waals surface area contributed by atoms with Crippen molar-refractivity contribution in [1.82, 2.24) is 0 Å². The van der Waals surface area contributed by atoms with Crippen molar-refractivity contribution < 1.29 is 28.4 Å². The van der Waals surface area contributed by atoms with E-state index in [1.54, 1.807) is 24.3 Å². The molecule has 1 atom stereocenters. The van der Waals surface area contributed by atoms with Crippen molar-refractivity contribution in [3.8, 4) is 5.75 Å². The second-order valence-electron chi connectivity index (χ2n) is 5.83. The number of hydrogen-bond donors (Lipinski definition) is 1. The molecule has 1 aromatic heterocycles. The highest BCUT2D eigenvalue weighted by Crippen LogP contribution is 2.29. The SMILES string of the molecule is COc1ccc([N+](=O)[O-])cc1NC(=O)[C@@H](C)OC(=O)c1cc2ccccc2o1. The summed E-state index contributed by atoms with van der Waals surface area (Å²) in [4.78, 5) is 34.9. The van der Waals surface area contributed by atoms with Crippen LogP contribution in [0.1, 0.15) is 17.5 Å². The summed E-state index contributed by atoms with van der Waals surface area (Å²) < 4.78 is 15.6. The Bertz CT molecular complexity index is 1020. The number of nitrogens with one attached hydrogen (secondary N) is 1. The molecule has 0 aliphatic heterocycles. The van der Waals surface area contributed by atoms with Crippen LogP contribution in [0.5, 0.6) is 5.75 Å². The lowest BCUT2D eigenvalue weighted by molar-refractivity contribution is -0.384. The number of para-hydroxylation sites is 1. The van der Waals surface area contributed by atoms with Gasteiger partial charge >= 0.3 is 5.97 Å². The lowest BCUT2D eigenvalue weighted by Gasteiger charge is -2.14. The Hall–Kier alpha value is -3.88. The van der Waals surface area contributed by atoms with Crippen LogP contribution in [0.3, 0.4) is 0 Å². The van der Waals surface area contributed by atoms with E-state index in [4.69, 9.17) is 13.9 Å². The Labute approximate surface area is 159 Å². The smallest absolute Gasteiger partial charge is 0.375 e. The summed E-state index contributed by atoms with van der Waals surface area (Å²) in [6, 6.07) is 12.3. The van der Waals surface area contributed by atoms with Gasteiger partial charge in [-0.2, -0.15) is 0 Å². The highest BCUT2D eigenvalue weighted by Gasteiger charge is 2.23. The number of carbonyl (C=O) groups excluding carboxylic acids is 2. The normalized spacial score (nSPS) is 11.6. The minimum absolute atomic E-state index is 0.0335. The number of anilines is 1. The third kappa shape index (κ3) is 3.93. The molecule has 3 rings (SSSR count). The number of benzene rings is 2. The first-order chi connectivity index (χ1) is 13.4. The number of ether oxygens (including phenoxy) is 2. The predicted octanol–water partition coefficient (Wildman–Crippen LogP) is 3.53. The Balaban J connectivity index is 1.71. The number of carbonyl (C=O) groups is 2. The summed E-state index contributed by atoms with van der Waals surface area (Å²) in [6.07, 6.45) is -1.18. The van der Waals surface area contributed by atoms with Gasteiger partial charge in [0.1, 0.15) is 11.3 Å². The Morgan fingerprint density at radius 3 is 2.61 bits per heavy atom. The fourth-order valence-corrected chi connectivity index (χ4v) is 2.50. The molecule has 0 radical (unpaired) electrons. The van der Waals surface area contributed by atoms with E-state index in [9.17, 15) is 19.7 Å². The van der Waals surface area contributed by atoms with Gasteiger partial charge in [0.05, 0.1) is 17.7 Å². The first kappa shape index (κ1) is 18.9. The molecule has 0 spiro atoms. The van der Waals surface area contributed by atoms with Crippen LogP contribution in [-0.2, 0) is 9.53 Å². The Kier molecular flexibility index (Phi) is 5.25. The molecule has 0 unspecified atom stereocenters. The minimum Gasteiger partial charge on any atom is -0.495 e. The van der Waals surface area contributed by atoms with Crippen molar-refractivity contribution in [3.63, 3.8) is 0 Å². The number of methoxy groups -OCH3 is 1. The summed E-state index contributed by atoms with van der Waals surface area (Å²) >= 11 is 0. The van der Waals surface area contributed by atoms with Gasteiger partial charge in [-0.05, 0) is 25.1 Å². The average molecular weight is 384 g/mol. The van der Waals surface area contributed by atoms with Crippen LogP contribution in [0.2, 0.25) is 0 Å². The third-order valence-corrected chi connectivity index (χ3v) is 3.93. The molecule has 0 aliphatic rings. The lowest BCUT2D eigenvalue weighted by atomic mass is 10.2. The van der Waals surface area contributed by atoms with Crippen LogP contribution in [-0.4, -0.2) is 30.0 Å². The number of fused-ring (bicyclic) bond motifs is 1. The second-order valence-corrected chi connectivity index (χ2v) is 5.83. The molecule has 0 saturated heterocycles. The highest BCUT2D eigenvalue weighted by molar-refractivity contribution is 5.98. The zero-order chi connectivity index (χ0) is 20.3. The number of amides is 1. The van der Waals surface area contributed by atoms with Crippen molar-refractivity contribution in [2.75, 3.05) is 12.4 Å². The van der Waals surface area contributed by atoms with Crippen molar-refractivity contribution in [1.29, 1.82) is 0 Å². The zero-order valence-corrected chi connectivity index (χ0v) is 15.0. The van der Waals surface area contributed by atoms with Gasteiger partial charge in [0.25, 0.3) is 11.6 Å². The van der Waals surface area contributed by atoms with Gasteiger partial charge in [0.15, 0.2) is 6.10 Å². The molecular formula is C19H16N2O7. The standard InChI is InChI=1S/C19H16N2O7/c1-11(27-19(23)17-9-12-5-3-4-6-15(12)28-17)18(22)20-14-10-13(21(24)25)7-8-16(14)26-2/h3-11H,1-2H3,(H,20,22)/t11-/m1/s1. The van der Waals surface area contributed by atoms with Gasteiger partial charge in [-0.25, -0.2) is 4.79 Å². The number of nitro groups is 1. The Morgan fingerprint density at radius 1 is 1.18 bits per heavy atom. The fraction of sp³-hybridized carbons (Fsp3) is 0.158. The maximum atomic E-state index is 12.4. The van der Waals surface area contributed by atoms with Crippen LogP contribution in [0.15, 0.2) is 52.9 Å². The van der Waals surface area contributed by atoms with Gasteiger partial charge in [-0.3, -0.25) is 14.9 Å². The van der Waals surface area contributed by atoms with E-state index < -0.39 is 22.9 Å². The number of esters is 1. The van der Waals surface area contributed by atoms with Crippen LogP contribution >= 0.6 is 0 Å². The zero-order valence-electron chi connectivity index (χ0n) is 15.0. The molecule has 144 valence electrons. The molecule has 0 saturated carbocycles. The van der Waals surface area contributed by atoms with Gasteiger partial charge in [-0.1, -0.05) is 18.2 Å². The fourth-order valence-electron chi connectivity index (χ4n) is 2.50. The van der Waals surface area contributed by atoms with Crippen LogP contribution < -0.4 is 10.1 Å². The first-order valence-corrected chi connectivity index (χ1v) is 8.22. The maximum Gasteiger partial charge on any atom is 0.375 e. The number of nitrogens with zero attached hydrogens (tertiary/aromatic N) is 1. The lowest BCUT2D eigenvalue weighted by Crippen LogP contribution is -2.30. The largest absolute Gasteiger partial charge is 0.495 e. The summed E-state index contributed by atoms with van der Waals surface area (Å²) in [5.41, 5.74) is 0.393. The summed E-state index contributed by atoms with van der Waals surface area (Å²) in [6.45, 7) is 1.37. The summed E-state index contributed by atoms with van der Waals surface area (Å²) in [7, 11) is 1.36. The molecule has 3 aromatic rings. The van der Waals surface area contributed by atoms with Gasteiger partial charge in [0, 0.05) is 17.5 Å². The van der Waals surface area contributed by atoms with Crippen molar-refractivity contribution >= 4 is 34.2 Å². The van der Waals surface area contributed by atoms with Gasteiger partial charge in [-0.15, -0.1) is 0 Å². The van der Waals surface area contributed by atoms with E-state index in [2.05, 4.69) is 5.32 Å². The molecule has 1 amide bonds. The molecule has 0 bridgehead atoms. The van der Waals surface area contributed by atoms with Crippen molar-refractivity contribution in [3.05, 3.63) is 64.4 Å². The number of non-ortho nitro benzene ring substituents is 1. The molecule has 0 aliphatic carbocycles. The molecular weight excluding hydrogens is 368 g/mol. The van der Waals surface area contributed by atoms with Gasteiger partial charge in [0.2, 0.25) is 5.76 Å². The van der Waals surface area contributed by atoms with Crippen molar-refractivity contribution in [2.24, 2.45) is 0 Å². The van der Waals surface area contributed by atoms with E-state index in [1.807, 2.05) is 0 Å². The number of furan rings is 1. The second kappa shape index (κ2) is 7.78. The molecule has 9 nitrogen and oxygen atoms in total. The molecule has 0 fully saturated rings. The molecule has 9 heteroatoms. The highest BCUT2D eigenvalue weighted by atomic mass is 16.6. The van der Waals surface area contributed by atoms with E-state index in [-0.39, 0.29) is 22.9 Å². The molecule has 1 heterocycles. The topological polar surface area (TPSA) is 121 Å². The average Bonchev–Trinajstić information content (AvgIpc) is 3.12. The number of hydrogen-bond acceptors (Lipinski definition) is 7. The summed E-state index contributed by atoms with van der Waals surface area (Å²) in [5.74, 6) is -1.28. The number of rotatable bonds is 6. The first-order valence-electron chi connectivity index (χ1n) is 8.22. The predicted molar refractivity (Wildman–Crippen MR) is 99.4 cm³/mol. The van der Waals surface area contributed by atoms with E-state index in [0.717, 1.165) is 11.5 Å². The van der Waals surface area contributed by atoms with E-state index >= 15 is 0 Å². The van der Waals surface area contributed by atoms with E-state index in [0.29, 0.717) is 5.58 Å². The molecule has 28 heavy (non-hydrogen) atoms.